The minimum atomic E-state index is -1.25. The smallest absolute Gasteiger partial charge is 0.121 e. The van der Waals surface area contributed by atoms with E-state index in [0.29, 0.717) is 0 Å². The molecular weight excluding hydrogens is 963 g/mol. The van der Waals surface area contributed by atoms with Crippen LogP contribution in [0.15, 0.2) is 174 Å². The zero-order valence-corrected chi connectivity index (χ0v) is 40.3. The van der Waals surface area contributed by atoms with E-state index in [1.807, 2.05) is 36.5 Å². The van der Waals surface area contributed by atoms with Crippen LogP contribution >= 0.6 is 0 Å². The SMILES string of the molecule is CC(C)c1cc(-c2ccccc2)cc(C(C)C)c1-n1c(-c2[c-]ccc3c2oc2cc(-c4ccccc4)ccc23)nc2ccccc21.C[Si](C)(C)c1ccnc(-c2[c-]cccc2)c1.[Ir]. The number of fused-ring (bicyclic) bond motifs is 4. The van der Waals surface area contributed by atoms with Gasteiger partial charge in [0.05, 0.1) is 30.5 Å². The molecule has 0 aliphatic heterocycles. The fraction of sp³-hybridized carbons (Fsp3) is 0.158. The van der Waals surface area contributed by atoms with Crippen LogP contribution in [0.4, 0.5) is 0 Å². The minimum absolute atomic E-state index is 0. The molecule has 0 aliphatic rings. The normalized spacial score (nSPS) is 11.6. The summed E-state index contributed by atoms with van der Waals surface area (Å²) >= 11 is 0. The first kappa shape index (κ1) is 43.5. The fourth-order valence-corrected chi connectivity index (χ4v) is 9.49. The molecule has 3 heterocycles. The summed E-state index contributed by atoms with van der Waals surface area (Å²) in [6.07, 6.45) is 1.91. The molecule has 1 radical (unpaired) electrons. The topological polar surface area (TPSA) is 43.9 Å². The second-order valence-corrected chi connectivity index (χ2v) is 22.7. The summed E-state index contributed by atoms with van der Waals surface area (Å²) in [5.41, 5.74) is 15.2. The van der Waals surface area contributed by atoms with Gasteiger partial charge in [-0.25, -0.2) is 0 Å². The van der Waals surface area contributed by atoms with E-state index in [0.717, 1.165) is 61.2 Å². The Morgan fingerprint density at radius 2 is 1.24 bits per heavy atom. The van der Waals surface area contributed by atoms with Crippen LogP contribution in [0.5, 0.6) is 0 Å². The van der Waals surface area contributed by atoms with E-state index in [9.17, 15) is 0 Å². The van der Waals surface area contributed by atoms with Gasteiger partial charge in [0.15, 0.2) is 0 Å². The van der Waals surface area contributed by atoms with Crippen LogP contribution in [0.3, 0.4) is 0 Å². The molecule has 10 rings (SSSR count). The van der Waals surface area contributed by atoms with Crippen LogP contribution in [0.25, 0.3) is 83.6 Å². The van der Waals surface area contributed by atoms with Crippen molar-refractivity contribution in [3.8, 4) is 50.6 Å². The van der Waals surface area contributed by atoms with E-state index in [-0.39, 0.29) is 31.9 Å². The Balaban J connectivity index is 0.000000271. The molecule has 0 spiro atoms. The van der Waals surface area contributed by atoms with Crippen molar-refractivity contribution >= 4 is 46.2 Å². The van der Waals surface area contributed by atoms with Crippen molar-refractivity contribution in [2.75, 3.05) is 0 Å². The number of aromatic nitrogens is 3. The summed E-state index contributed by atoms with van der Waals surface area (Å²) in [6, 6.07) is 64.0. The Morgan fingerprint density at radius 3 is 1.89 bits per heavy atom. The predicted molar refractivity (Wildman–Crippen MR) is 263 cm³/mol. The standard InChI is InChI=1S/C43H35N2O.C14H16NSi.Ir/c1-27(2)36-24-32(30-16-9-6-10-17-30)25-37(28(3)4)41(36)45-39-21-12-11-20-38(39)44-43(45)35-19-13-18-34-33-23-22-31(26-40(33)46-42(34)35)29-14-7-5-8-15-29;1-16(2,3)13-9-10-15-14(11-13)12-7-5-4-6-8-12;/h5-18,20-28H,1-4H3;4-7,9-11H,1-3H3;/q2*-1;. The molecule has 0 saturated carbocycles. The predicted octanol–water partition coefficient (Wildman–Crippen LogP) is 15.1. The Morgan fingerprint density at radius 1 is 0.587 bits per heavy atom. The number of pyridine rings is 1. The summed E-state index contributed by atoms with van der Waals surface area (Å²) in [5, 5.41) is 3.59. The third-order valence-electron chi connectivity index (χ3n) is 11.7. The van der Waals surface area contributed by atoms with Gasteiger partial charge in [-0.15, -0.1) is 54.1 Å². The van der Waals surface area contributed by atoms with Crippen LogP contribution in [0.1, 0.15) is 50.7 Å². The van der Waals surface area contributed by atoms with E-state index < -0.39 is 8.07 Å². The average molecular weight is 1010 g/mol. The number of nitrogens with zero attached hydrogens (tertiary/aromatic N) is 3. The summed E-state index contributed by atoms with van der Waals surface area (Å²) in [5.74, 6) is 1.41. The molecule has 0 aliphatic carbocycles. The van der Waals surface area contributed by atoms with Gasteiger partial charge in [0.25, 0.3) is 0 Å². The number of rotatable bonds is 8. The van der Waals surface area contributed by atoms with Gasteiger partial charge >= 0.3 is 0 Å². The van der Waals surface area contributed by atoms with Crippen LogP contribution in [-0.2, 0) is 20.1 Å². The van der Waals surface area contributed by atoms with Crippen molar-refractivity contribution in [1.82, 2.24) is 14.5 Å². The van der Waals surface area contributed by atoms with Crippen molar-refractivity contribution in [2.45, 2.75) is 59.2 Å². The molecule has 0 saturated heterocycles. The third kappa shape index (κ3) is 8.77. The molecule has 6 heteroatoms. The minimum Gasteiger partial charge on any atom is -0.501 e. The molecule has 3 aromatic heterocycles. The average Bonchev–Trinajstić information content (AvgIpc) is 3.88. The van der Waals surface area contributed by atoms with Gasteiger partial charge in [0.1, 0.15) is 5.58 Å². The van der Waals surface area contributed by atoms with Gasteiger partial charge in [0, 0.05) is 37.4 Å². The summed E-state index contributed by atoms with van der Waals surface area (Å²) in [6.45, 7) is 16.2. The maximum absolute atomic E-state index is 6.73. The zero-order valence-electron chi connectivity index (χ0n) is 36.9. The molecule has 0 unspecified atom stereocenters. The molecule has 0 N–H and O–H groups in total. The van der Waals surface area contributed by atoms with Crippen LogP contribution in [-0.4, -0.2) is 22.6 Å². The molecular formula is C57H51IrN3OSi-2. The number of benzene rings is 7. The molecule has 4 nitrogen and oxygen atoms in total. The van der Waals surface area contributed by atoms with Gasteiger partial charge < -0.3 is 14.0 Å². The van der Waals surface area contributed by atoms with Crippen molar-refractivity contribution in [1.29, 1.82) is 0 Å². The van der Waals surface area contributed by atoms with E-state index in [4.69, 9.17) is 9.40 Å². The Bertz CT molecular complexity index is 3130. The van der Waals surface area contributed by atoms with E-state index in [1.54, 1.807) is 0 Å². The van der Waals surface area contributed by atoms with E-state index >= 15 is 0 Å². The molecule has 10 aromatic rings. The largest absolute Gasteiger partial charge is 0.501 e. The number of hydrogen-bond acceptors (Lipinski definition) is 3. The van der Waals surface area contributed by atoms with Gasteiger partial charge in [-0.1, -0.05) is 154 Å². The van der Waals surface area contributed by atoms with Crippen LogP contribution in [0.2, 0.25) is 19.6 Å². The van der Waals surface area contributed by atoms with Crippen LogP contribution in [0, 0.1) is 12.1 Å². The number of para-hydroxylation sites is 2. The number of furan rings is 1. The first-order chi connectivity index (χ1) is 30.0. The monoisotopic (exact) mass is 1010 g/mol. The molecule has 315 valence electrons. The molecule has 63 heavy (non-hydrogen) atoms. The summed E-state index contributed by atoms with van der Waals surface area (Å²) in [4.78, 5) is 9.71. The second kappa shape index (κ2) is 18.3. The molecule has 0 bridgehead atoms. The molecule has 0 atom stereocenters. The van der Waals surface area contributed by atoms with Gasteiger partial charge in [-0.3, -0.25) is 4.98 Å². The van der Waals surface area contributed by atoms with Crippen molar-refractivity contribution in [3.63, 3.8) is 0 Å². The Hall–Kier alpha value is -6.17. The zero-order chi connectivity index (χ0) is 43.0. The van der Waals surface area contributed by atoms with Crippen molar-refractivity contribution in [3.05, 3.63) is 193 Å². The first-order valence-corrected chi connectivity index (χ1v) is 25.1. The third-order valence-corrected chi connectivity index (χ3v) is 13.7. The summed E-state index contributed by atoms with van der Waals surface area (Å²) in [7, 11) is -1.25. The molecule has 0 fully saturated rings. The van der Waals surface area contributed by atoms with Crippen molar-refractivity contribution < 1.29 is 24.5 Å². The maximum Gasteiger partial charge on any atom is 0.121 e. The van der Waals surface area contributed by atoms with E-state index in [2.05, 4.69) is 202 Å². The second-order valence-electron chi connectivity index (χ2n) is 17.7. The van der Waals surface area contributed by atoms with Crippen molar-refractivity contribution in [2.24, 2.45) is 0 Å². The van der Waals surface area contributed by atoms with Gasteiger partial charge in [-0.2, -0.15) is 0 Å². The van der Waals surface area contributed by atoms with Gasteiger partial charge in [0.2, 0.25) is 0 Å². The van der Waals surface area contributed by atoms with Gasteiger partial charge in [-0.05, 0) is 87.3 Å². The molecule has 0 amide bonds. The number of hydrogen-bond donors (Lipinski definition) is 0. The summed E-state index contributed by atoms with van der Waals surface area (Å²) < 4.78 is 9.10. The fourth-order valence-electron chi connectivity index (χ4n) is 8.35. The van der Waals surface area contributed by atoms with Crippen LogP contribution < -0.4 is 5.19 Å². The Kier molecular flexibility index (Phi) is 12.6. The maximum atomic E-state index is 6.73. The Labute approximate surface area is 386 Å². The quantitative estimate of drug-likeness (QED) is 0.113. The molecule has 7 aromatic carbocycles. The van der Waals surface area contributed by atoms with E-state index in [1.165, 1.54) is 38.7 Å². The first-order valence-electron chi connectivity index (χ1n) is 21.6. The number of imidazole rings is 1.